The van der Waals surface area contributed by atoms with Gasteiger partial charge in [0.1, 0.15) is 0 Å². The maximum absolute atomic E-state index is 4.89. The summed E-state index contributed by atoms with van der Waals surface area (Å²) >= 11 is 0. The van der Waals surface area contributed by atoms with E-state index in [4.69, 9.17) is 4.98 Å². The number of aryl methyl sites for hydroxylation is 1. The quantitative estimate of drug-likeness (QED) is 0.686. The Labute approximate surface area is 171 Å². The first kappa shape index (κ1) is 18.1. The zero-order valence-electron chi connectivity index (χ0n) is 16.6. The summed E-state index contributed by atoms with van der Waals surface area (Å²) in [5.74, 6) is 1.64. The molecule has 1 saturated heterocycles. The number of piperazine rings is 1. The number of nitrogens with zero attached hydrogens (tertiary/aromatic N) is 6. The molecule has 148 valence electrons. The van der Waals surface area contributed by atoms with Gasteiger partial charge in [-0.05, 0) is 30.0 Å². The first-order chi connectivity index (χ1) is 14.4. The highest BCUT2D eigenvalue weighted by atomic mass is 15.4. The minimum absolute atomic E-state index is 0.741. The fourth-order valence-corrected chi connectivity index (χ4v) is 4.27. The summed E-state index contributed by atoms with van der Waals surface area (Å²) in [6.45, 7) is 5.84. The van der Waals surface area contributed by atoms with Crippen LogP contribution in [-0.2, 0) is 13.0 Å². The molecule has 1 aromatic heterocycles. The molecular formula is C23H26N6. The van der Waals surface area contributed by atoms with Crippen LogP contribution >= 0.6 is 0 Å². The standard InChI is InChI=1S/C23H26N6/c1-2-7-19(8-3-1)18-27-13-15-28(16-14-27)23-25-22(17-24-26-23)29-12-6-10-20-9-4-5-11-21(20)29/h1-5,7-9,11,17H,6,10,12-16,18H2. The Morgan fingerprint density at radius 2 is 1.62 bits per heavy atom. The molecule has 0 unspecified atom stereocenters. The lowest BCUT2D eigenvalue weighted by Gasteiger charge is -2.35. The summed E-state index contributed by atoms with van der Waals surface area (Å²) in [5.41, 5.74) is 4.00. The van der Waals surface area contributed by atoms with Crippen molar-refractivity contribution in [3.05, 3.63) is 71.9 Å². The summed E-state index contributed by atoms with van der Waals surface area (Å²) < 4.78 is 0. The molecule has 2 aliphatic heterocycles. The van der Waals surface area contributed by atoms with Crippen molar-refractivity contribution in [2.45, 2.75) is 19.4 Å². The van der Waals surface area contributed by atoms with E-state index >= 15 is 0 Å². The number of para-hydroxylation sites is 1. The fourth-order valence-electron chi connectivity index (χ4n) is 4.27. The maximum Gasteiger partial charge on any atom is 0.247 e. The number of benzene rings is 2. The van der Waals surface area contributed by atoms with Gasteiger partial charge in [0.05, 0.1) is 6.20 Å². The molecular weight excluding hydrogens is 360 g/mol. The highest BCUT2D eigenvalue weighted by Crippen LogP contribution is 2.32. The van der Waals surface area contributed by atoms with Crippen LogP contribution in [0, 0.1) is 0 Å². The Hall–Kier alpha value is -2.99. The number of rotatable bonds is 4. The summed E-state index contributed by atoms with van der Waals surface area (Å²) in [6.07, 6.45) is 4.05. The van der Waals surface area contributed by atoms with Crippen molar-refractivity contribution < 1.29 is 0 Å². The average molecular weight is 387 g/mol. The summed E-state index contributed by atoms with van der Waals surface area (Å²) in [5, 5.41) is 8.63. The molecule has 2 aliphatic rings. The van der Waals surface area contributed by atoms with Gasteiger partial charge in [-0.1, -0.05) is 48.5 Å². The molecule has 0 amide bonds. The fraction of sp³-hybridized carbons (Fsp3) is 0.348. The van der Waals surface area contributed by atoms with Crippen LogP contribution in [-0.4, -0.2) is 52.8 Å². The van der Waals surface area contributed by atoms with E-state index in [1.165, 1.54) is 16.8 Å². The van der Waals surface area contributed by atoms with Crippen LogP contribution in [0.25, 0.3) is 0 Å². The third-order valence-electron chi connectivity index (χ3n) is 5.83. The Morgan fingerprint density at radius 1 is 0.828 bits per heavy atom. The normalized spacial score (nSPS) is 17.2. The van der Waals surface area contributed by atoms with Crippen LogP contribution in [0.2, 0.25) is 0 Å². The zero-order valence-corrected chi connectivity index (χ0v) is 16.6. The maximum atomic E-state index is 4.89. The van der Waals surface area contributed by atoms with Crippen LogP contribution in [0.4, 0.5) is 17.5 Å². The van der Waals surface area contributed by atoms with E-state index in [-0.39, 0.29) is 0 Å². The van der Waals surface area contributed by atoms with Crippen molar-refractivity contribution in [1.29, 1.82) is 0 Å². The summed E-state index contributed by atoms with van der Waals surface area (Å²) in [7, 11) is 0. The van der Waals surface area contributed by atoms with Crippen LogP contribution in [0.5, 0.6) is 0 Å². The Morgan fingerprint density at radius 3 is 2.48 bits per heavy atom. The number of hydrogen-bond acceptors (Lipinski definition) is 6. The van der Waals surface area contributed by atoms with Crippen LogP contribution in [0.3, 0.4) is 0 Å². The van der Waals surface area contributed by atoms with Gasteiger partial charge in [0, 0.05) is 45.0 Å². The minimum atomic E-state index is 0.741. The highest BCUT2D eigenvalue weighted by Gasteiger charge is 2.23. The topological polar surface area (TPSA) is 48.4 Å². The number of fused-ring (bicyclic) bond motifs is 1. The predicted octanol–water partition coefficient (Wildman–Crippen LogP) is 3.28. The van der Waals surface area contributed by atoms with E-state index in [0.29, 0.717) is 0 Å². The molecule has 3 aromatic rings. The minimum Gasteiger partial charge on any atom is -0.337 e. The second-order valence-corrected chi connectivity index (χ2v) is 7.75. The number of aromatic nitrogens is 3. The van der Waals surface area contributed by atoms with Gasteiger partial charge < -0.3 is 9.80 Å². The first-order valence-corrected chi connectivity index (χ1v) is 10.4. The third-order valence-corrected chi connectivity index (χ3v) is 5.83. The molecule has 6 heteroatoms. The van der Waals surface area contributed by atoms with E-state index in [1.807, 2.05) is 0 Å². The van der Waals surface area contributed by atoms with E-state index in [2.05, 4.69) is 79.5 Å². The molecule has 5 rings (SSSR count). The molecule has 0 N–H and O–H groups in total. The molecule has 6 nitrogen and oxygen atoms in total. The molecule has 0 radical (unpaired) electrons. The van der Waals surface area contributed by atoms with Gasteiger partial charge in [-0.2, -0.15) is 10.1 Å². The van der Waals surface area contributed by atoms with Gasteiger partial charge >= 0.3 is 0 Å². The molecule has 0 bridgehead atoms. The van der Waals surface area contributed by atoms with E-state index in [1.54, 1.807) is 6.20 Å². The van der Waals surface area contributed by atoms with E-state index in [9.17, 15) is 0 Å². The smallest absolute Gasteiger partial charge is 0.247 e. The monoisotopic (exact) mass is 386 g/mol. The Kier molecular flexibility index (Phi) is 5.09. The molecule has 1 fully saturated rings. The van der Waals surface area contributed by atoms with Gasteiger partial charge in [-0.25, -0.2) is 0 Å². The highest BCUT2D eigenvalue weighted by molar-refractivity contribution is 5.65. The Balaban J connectivity index is 1.28. The van der Waals surface area contributed by atoms with Gasteiger partial charge in [0.2, 0.25) is 5.95 Å². The zero-order chi connectivity index (χ0) is 19.5. The lowest BCUT2D eigenvalue weighted by atomic mass is 10.0. The lowest BCUT2D eigenvalue weighted by molar-refractivity contribution is 0.248. The van der Waals surface area contributed by atoms with Crippen molar-refractivity contribution in [3.63, 3.8) is 0 Å². The lowest BCUT2D eigenvalue weighted by Crippen LogP contribution is -2.46. The molecule has 3 heterocycles. The second-order valence-electron chi connectivity index (χ2n) is 7.75. The van der Waals surface area contributed by atoms with Crippen LogP contribution < -0.4 is 9.80 Å². The third kappa shape index (κ3) is 3.93. The van der Waals surface area contributed by atoms with Crippen molar-refractivity contribution in [2.24, 2.45) is 0 Å². The molecule has 0 atom stereocenters. The average Bonchev–Trinajstić information content (AvgIpc) is 2.80. The van der Waals surface area contributed by atoms with E-state index in [0.717, 1.165) is 63.9 Å². The Bertz CT molecular complexity index is 952. The largest absolute Gasteiger partial charge is 0.337 e. The van der Waals surface area contributed by atoms with Gasteiger partial charge in [0.15, 0.2) is 5.82 Å². The van der Waals surface area contributed by atoms with Crippen LogP contribution in [0.1, 0.15) is 17.5 Å². The van der Waals surface area contributed by atoms with Crippen molar-refractivity contribution in [2.75, 3.05) is 42.5 Å². The van der Waals surface area contributed by atoms with Gasteiger partial charge in [-0.3, -0.25) is 4.90 Å². The van der Waals surface area contributed by atoms with Gasteiger partial charge in [-0.15, -0.1) is 5.10 Å². The predicted molar refractivity (Wildman–Crippen MR) is 116 cm³/mol. The molecule has 0 saturated carbocycles. The number of hydrogen-bond donors (Lipinski definition) is 0. The summed E-state index contributed by atoms with van der Waals surface area (Å²) in [6, 6.07) is 19.3. The number of anilines is 3. The van der Waals surface area contributed by atoms with Crippen molar-refractivity contribution in [1.82, 2.24) is 20.1 Å². The second kappa shape index (κ2) is 8.17. The molecule has 0 spiro atoms. The molecule has 29 heavy (non-hydrogen) atoms. The van der Waals surface area contributed by atoms with E-state index < -0.39 is 0 Å². The molecule has 0 aliphatic carbocycles. The van der Waals surface area contributed by atoms with Crippen molar-refractivity contribution in [3.8, 4) is 0 Å². The first-order valence-electron chi connectivity index (χ1n) is 10.4. The molecule has 2 aromatic carbocycles. The van der Waals surface area contributed by atoms with Crippen LogP contribution in [0.15, 0.2) is 60.8 Å². The van der Waals surface area contributed by atoms with Gasteiger partial charge in [0.25, 0.3) is 0 Å². The SMILES string of the molecule is c1ccc(CN2CCN(c3nncc(N4CCCc5ccccc54)n3)CC2)cc1. The van der Waals surface area contributed by atoms with Crippen molar-refractivity contribution >= 4 is 17.5 Å². The summed E-state index contributed by atoms with van der Waals surface area (Å²) in [4.78, 5) is 11.9.